The van der Waals surface area contributed by atoms with E-state index in [1.807, 2.05) is 0 Å². The van der Waals surface area contributed by atoms with Crippen LogP contribution < -0.4 is 5.32 Å². The molecule has 4 rings (SSSR count). The molecule has 0 aliphatic carbocycles. The molecule has 134 valence electrons. The van der Waals surface area contributed by atoms with Crippen molar-refractivity contribution in [3.05, 3.63) is 70.6 Å². The van der Waals surface area contributed by atoms with Crippen molar-refractivity contribution < 1.29 is 14.7 Å². The van der Waals surface area contributed by atoms with Gasteiger partial charge in [-0.15, -0.1) is 11.3 Å². The smallest absolute Gasteiger partial charge is 0.339 e. The molecular formula is C18H11ClN4O3S. The zero-order valence-corrected chi connectivity index (χ0v) is 15.2. The first kappa shape index (κ1) is 17.2. The zero-order valence-electron chi connectivity index (χ0n) is 13.6. The van der Waals surface area contributed by atoms with E-state index in [0.29, 0.717) is 21.2 Å². The molecule has 3 heterocycles. The number of halogens is 1. The maximum Gasteiger partial charge on any atom is 0.339 e. The minimum atomic E-state index is -1.13. The molecule has 0 spiro atoms. The van der Waals surface area contributed by atoms with Gasteiger partial charge in [-0.1, -0.05) is 23.7 Å². The highest BCUT2D eigenvalue weighted by Gasteiger charge is 2.22. The van der Waals surface area contributed by atoms with Crippen molar-refractivity contribution in [1.29, 1.82) is 0 Å². The van der Waals surface area contributed by atoms with Crippen LogP contribution in [0.4, 0.5) is 5.69 Å². The number of benzene rings is 1. The Balaban J connectivity index is 1.68. The number of carbonyl (C=O) groups is 2. The lowest BCUT2D eigenvalue weighted by atomic mass is 10.1. The molecule has 1 aromatic carbocycles. The SMILES string of the molecule is O=C(Nc1csc(-c2ccc(Cl)cc2)c1C(=O)O)c1cn2cccnc2n1. The van der Waals surface area contributed by atoms with E-state index in [1.165, 1.54) is 17.5 Å². The van der Waals surface area contributed by atoms with Gasteiger partial charge in [-0.3, -0.25) is 9.20 Å². The molecule has 3 aromatic heterocycles. The minimum Gasteiger partial charge on any atom is -0.478 e. The number of fused-ring (bicyclic) bond motifs is 1. The number of aromatic nitrogens is 3. The molecule has 0 fully saturated rings. The number of carboxylic acid groups (broad SMARTS) is 1. The van der Waals surface area contributed by atoms with Crippen LogP contribution in [-0.2, 0) is 0 Å². The molecule has 7 nitrogen and oxygen atoms in total. The van der Waals surface area contributed by atoms with E-state index in [1.54, 1.807) is 52.5 Å². The molecule has 2 N–H and O–H groups in total. The van der Waals surface area contributed by atoms with Crippen molar-refractivity contribution in [2.75, 3.05) is 5.32 Å². The number of nitrogens with zero attached hydrogens (tertiary/aromatic N) is 3. The van der Waals surface area contributed by atoms with Crippen LogP contribution >= 0.6 is 22.9 Å². The van der Waals surface area contributed by atoms with Crippen molar-refractivity contribution >= 4 is 46.3 Å². The van der Waals surface area contributed by atoms with Gasteiger partial charge in [0.25, 0.3) is 5.91 Å². The van der Waals surface area contributed by atoms with E-state index in [0.717, 1.165) is 0 Å². The first-order valence-electron chi connectivity index (χ1n) is 7.75. The summed E-state index contributed by atoms with van der Waals surface area (Å²) in [5.41, 5.74) is 1.09. The fraction of sp³-hybridized carbons (Fsp3) is 0. The number of hydrogen-bond acceptors (Lipinski definition) is 5. The second-order valence-electron chi connectivity index (χ2n) is 5.57. The van der Waals surface area contributed by atoms with E-state index < -0.39 is 11.9 Å². The minimum absolute atomic E-state index is 0.0255. The third-order valence-electron chi connectivity index (χ3n) is 3.83. The van der Waals surface area contributed by atoms with Crippen molar-refractivity contribution in [1.82, 2.24) is 14.4 Å². The first-order chi connectivity index (χ1) is 13.0. The highest BCUT2D eigenvalue weighted by molar-refractivity contribution is 7.14. The predicted octanol–water partition coefficient (Wildman–Crippen LogP) is 4.06. The highest BCUT2D eigenvalue weighted by atomic mass is 35.5. The summed E-state index contributed by atoms with van der Waals surface area (Å²) in [4.78, 5) is 33.1. The quantitative estimate of drug-likeness (QED) is 0.540. The molecule has 27 heavy (non-hydrogen) atoms. The summed E-state index contributed by atoms with van der Waals surface area (Å²) in [6, 6.07) is 8.56. The van der Waals surface area contributed by atoms with Crippen LogP contribution in [0.15, 0.2) is 54.3 Å². The average molecular weight is 399 g/mol. The highest BCUT2D eigenvalue weighted by Crippen LogP contribution is 2.36. The number of hydrogen-bond donors (Lipinski definition) is 2. The maximum absolute atomic E-state index is 12.5. The lowest BCUT2D eigenvalue weighted by Crippen LogP contribution is -2.14. The van der Waals surface area contributed by atoms with Gasteiger partial charge in [0.2, 0.25) is 5.78 Å². The topological polar surface area (TPSA) is 96.6 Å². The lowest BCUT2D eigenvalue weighted by Gasteiger charge is -2.05. The Morgan fingerprint density at radius 2 is 2.00 bits per heavy atom. The number of thiophene rings is 1. The zero-order chi connectivity index (χ0) is 19.0. The normalized spacial score (nSPS) is 10.9. The van der Waals surface area contributed by atoms with Crippen LogP contribution in [0.1, 0.15) is 20.8 Å². The van der Waals surface area contributed by atoms with Crippen LogP contribution in [0.2, 0.25) is 5.02 Å². The summed E-state index contributed by atoms with van der Waals surface area (Å²) in [6.07, 6.45) is 4.83. The third kappa shape index (κ3) is 3.27. The van der Waals surface area contributed by atoms with Gasteiger partial charge in [0.1, 0.15) is 11.3 Å². The number of carboxylic acids is 1. The van der Waals surface area contributed by atoms with Crippen molar-refractivity contribution in [3.8, 4) is 10.4 Å². The maximum atomic E-state index is 12.5. The van der Waals surface area contributed by atoms with Gasteiger partial charge in [0, 0.05) is 29.0 Å². The fourth-order valence-corrected chi connectivity index (χ4v) is 3.73. The Kier molecular flexibility index (Phi) is 4.35. The number of imidazole rings is 1. The molecule has 0 radical (unpaired) electrons. The van der Waals surface area contributed by atoms with Crippen molar-refractivity contribution in [2.24, 2.45) is 0 Å². The van der Waals surface area contributed by atoms with E-state index in [4.69, 9.17) is 11.6 Å². The summed E-state index contributed by atoms with van der Waals surface area (Å²) in [5, 5.41) is 14.4. The number of aromatic carboxylic acids is 1. The molecule has 0 aliphatic heterocycles. The molecule has 0 atom stereocenters. The largest absolute Gasteiger partial charge is 0.478 e. The predicted molar refractivity (Wildman–Crippen MR) is 103 cm³/mol. The number of nitrogens with one attached hydrogen (secondary N) is 1. The van der Waals surface area contributed by atoms with Crippen LogP contribution in [0.3, 0.4) is 0 Å². The van der Waals surface area contributed by atoms with E-state index in [9.17, 15) is 14.7 Å². The Morgan fingerprint density at radius 1 is 1.22 bits per heavy atom. The summed E-state index contributed by atoms with van der Waals surface area (Å²) in [7, 11) is 0. The number of rotatable bonds is 4. The second-order valence-corrected chi connectivity index (χ2v) is 6.89. The molecule has 0 saturated heterocycles. The van der Waals surface area contributed by atoms with Gasteiger partial charge >= 0.3 is 5.97 Å². The number of amides is 1. The van der Waals surface area contributed by atoms with Gasteiger partial charge in [-0.25, -0.2) is 14.8 Å². The van der Waals surface area contributed by atoms with Gasteiger partial charge < -0.3 is 10.4 Å². The second kappa shape index (κ2) is 6.82. The molecule has 0 aliphatic rings. The van der Waals surface area contributed by atoms with Gasteiger partial charge in [-0.05, 0) is 23.8 Å². The molecule has 9 heteroatoms. The van der Waals surface area contributed by atoms with Crippen LogP contribution in [0, 0.1) is 0 Å². The standard InChI is InChI=1S/C18H11ClN4O3S/c19-11-4-2-10(3-5-11)15-14(17(25)26)13(9-27-15)21-16(24)12-8-23-7-1-6-20-18(23)22-12/h1-9H,(H,21,24)(H,25,26). The molecule has 0 bridgehead atoms. The van der Waals surface area contributed by atoms with E-state index in [-0.39, 0.29) is 16.9 Å². The van der Waals surface area contributed by atoms with Crippen LogP contribution in [-0.4, -0.2) is 31.4 Å². The summed E-state index contributed by atoms with van der Waals surface area (Å²) in [6.45, 7) is 0. The number of anilines is 1. The van der Waals surface area contributed by atoms with Crippen molar-refractivity contribution in [2.45, 2.75) is 0 Å². The molecule has 0 saturated carbocycles. The Labute approximate surface area is 161 Å². The molecule has 0 unspecified atom stereocenters. The lowest BCUT2D eigenvalue weighted by molar-refractivity contribution is 0.0699. The summed E-state index contributed by atoms with van der Waals surface area (Å²) < 4.78 is 1.61. The Hall–Kier alpha value is -3.23. The van der Waals surface area contributed by atoms with Crippen molar-refractivity contribution in [3.63, 3.8) is 0 Å². The fourth-order valence-electron chi connectivity index (χ4n) is 2.60. The van der Waals surface area contributed by atoms with Gasteiger partial charge in [0.15, 0.2) is 0 Å². The first-order valence-corrected chi connectivity index (χ1v) is 9.00. The van der Waals surface area contributed by atoms with E-state index >= 15 is 0 Å². The number of carbonyl (C=O) groups excluding carboxylic acids is 1. The van der Waals surface area contributed by atoms with Gasteiger partial charge in [0.05, 0.1) is 10.6 Å². The molecule has 4 aromatic rings. The molecule has 1 amide bonds. The monoisotopic (exact) mass is 398 g/mol. The van der Waals surface area contributed by atoms with E-state index in [2.05, 4.69) is 15.3 Å². The van der Waals surface area contributed by atoms with Gasteiger partial charge in [-0.2, -0.15) is 0 Å². The third-order valence-corrected chi connectivity index (χ3v) is 5.11. The summed E-state index contributed by atoms with van der Waals surface area (Å²) in [5.74, 6) is -1.26. The Morgan fingerprint density at radius 3 is 2.70 bits per heavy atom. The van der Waals surface area contributed by atoms with Crippen LogP contribution in [0.25, 0.3) is 16.2 Å². The molecular weight excluding hydrogens is 388 g/mol. The summed E-state index contributed by atoms with van der Waals surface area (Å²) >= 11 is 7.12. The average Bonchev–Trinajstić information content (AvgIpc) is 3.26. The van der Waals surface area contributed by atoms with Crippen LogP contribution in [0.5, 0.6) is 0 Å². The Bertz CT molecular complexity index is 1130.